The zero-order valence-electron chi connectivity index (χ0n) is 15.1. The molecule has 0 aliphatic heterocycles. The van der Waals surface area contributed by atoms with E-state index in [0.717, 1.165) is 16.9 Å². The molecule has 7 heteroatoms. The Kier molecular flexibility index (Phi) is 5.78. The van der Waals surface area contributed by atoms with Gasteiger partial charge in [-0.05, 0) is 47.9 Å². The minimum absolute atomic E-state index is 0.0226. The first kappa shape index (κ1) is 18.9. The predicted molar refractivity (Wildman–Crippen MR) is 108 cm³/mol. The molecule has 3 N–H and O–H groups in total. The first-order chi connectivity index (χ1) is 13.0. The van der Waals surface area contributed by atoms with Crippen molar-refractivity contribution in [1.82, 2.24) is 9.78 Å². The zero-order chi connectivity index (χ0) is 19.4. The van der Waals surface area contributed by atoms with Crippen LogP contribution in [0.5, 0.6) is 0 Å². The van der Waals surface area contributed by atoms with Crippen molar-refractivity contribution >= 4 is 29.1 Å². The molecule has 1 heterocycles. The van der Waals surface area contributed by atoms with Gasteiger partial charge in [0.05, 0.1) is 18.0 Å². The summed E-state index contributed by atoms with van der Waals surface area (Å²) in [6.07, 6.45) is 0. The number of nitrogens with zero attached hydrogens (tertiary/aromatic N) is 2. The van der Waals surface area contributed by atoms with E-state index in [0.29, 0.717) is 16.5 Å². The lowest BCUT2D eigenvalue weighted by atomic mass is 10.1. The molecule has 0 bridgehead atoms. The highest BCUT2D eigenvalue weighted by Gasteiger charge is 2.14. The predicted octanol–water partition coefficient (Wildman–Crippen LogP) is 4.79. The van der Waals surface area contributed by atoms with E-state index in [2.05, 4.69) is 15.7 Å². The number of carbonyl (C=O) groups is 1. The first-order valence-corrected chi connectivity index (χ1v) is 8.98. The number of hydrogen-bond donors (Lipinski definition) is 3. The Balaban J connectivity index is 1.84. The highest BCUT2D eigenvalue weighted by atomic mass is 35.5. The summed E-state index contributed by atoms with van der Waals surface area (Å²) >= 11 is 5.86. The van der Waals surface area contributed by atoms with Gasteiger partial charge in [-0.2, -0.15) is 5.10 Å². The van der Waals surface area contributed by atoms with Gasteiger partial charge in [-0.1, -0.05) is 37.6 Å². The minimum atomic E-state index is -0.374. The van der Waals surface area contributed by atoms with E-state index < -0.39 is 0 Å². The summed E-state index contributed by atoms with van der Waals surface area (Å²) in [6.45, 7) is 4.06. The summed E-state index contributed by atoms with van der Waals surface area (Å²) in [4.78, 5) is 12.4. The normalized spacial score (nSPS) is 10.9. The van der Waals surface area contributed by atoms with Gasteiger partial charge in [0.2, 0.25) is 0 Å². The SMILES string of the molecule is CC(C)c1cc(NC(=O)Nc2ccc(Cl)cc2)n(-c2ccc(CO)cc2)n1. The highest BCUT2D eigenvalue weighted by molar-refractivity contribution is 6.30. The second-order valence-corrected chi connectivity index (χ2v) is 6.87. The summed E-state index contributed by atoms with van der Waals surface area (Å²) < 4.78 is 1.68. The molecule has 3 aromatic rings. The highest BCUT2D eigenvalue weighted by Crippen LogP contribution is 2.23. The second-order valence-electron chi connectivity index (χ2n) is 6.43. The molecule has 0 fully saturated rings. The Hall–Kier alpha value is -2.83. The van der Waals surface area contributed by atoms with E-state index in [9.17, 15) is 9.90 Å². The topological polar surface area (TPSA) is 79.2 Å². The van der Waals surface area contributed by atoms with E-state index in [1.165, 1.54) is 0 Å². The lowest BCUT2D eigenvalue weighted by Crippen LogP contribution is -2.21. The fraction of sp³-hybridized carbons (Fsp3) is 0.200. The fourth-order valence-corrected chi connectivity index (χ4v) is 2.65. The molecular formula is C20H21ClN4O2. The van der Waals surface area contributed by atoms with Crippen molar-refractivity contribution in [3.8, 4) is 5.69 Å². The van der Waals surface area contributed by atoms with Crippen LogP contribution in [0.15, 0.2) is 54.6 Å². The molecule has 0 spiro atoms. The van der Waals surface area contributed by atoms with E-state index in [4.69, 9.17) is 11.6 Å². The molecule has 0 aliphatic rings. The number of hydrogen-bond acceptors (Lipinski definition) is 3. The third-order valence-corrected chi connectivity index (χ3v) is 4.28. The number of amides is 2. The van der Waals surface area contributed by atoms with Crippen LogP contribution in [0.1, 0.15) is 31.0 Å². The molecule has 27 heavy (non-hydrogen) atoms. The van der Waals surface area contributed by atoms with Crippen molar-refractivity contribution in [2.24, 2.45) is 0 Å². The number of aliphatic hydroxyl groups excluding tert-OH is 1. The average molecular weight is 385 g/mol. The molecule has 6 nitrogen and oxygen atoms in total. The van der Waals surface area contributed by atoms with Crippen LogP contribution in [-0.4, -0.2) is 20.9 Å². The van der Waals surface area contributed by atoms with Crippen molar-refractivity contribution in [3.63, 3.8) is 0 Å². The number of urea groups is 1. The lowest BCUT2D eigenvalue weighted by molar-refractivity contribution is 0.262. The van der Waals surface area contributed by atoms with Crippen molar-refractivity contribution in [2.45, 2.75) is 26.4 Å². The van der Waals surface area contributed by atoms with Gasteiger partial charge in [0.15, 0.2) is 0 Å². The maximum Gasteiger partial charge on any atom is 0.324 e. The van der Waals surface area contributed by atoms with Crippen LogP contribution >= 0.6 is 11.6 Å². The van der Waals surface area contributed by atoms with Crippen molar-refractivity contribution in [2.75, 3.05) is 10.6 Å². The monoisotopic (exact) mass is 384 g/mol. The smallest absolute Gasteiger partial charge is 0.324 e. The van der Waals surface area contributed by atoms with Gasteiger partial charge in [0, 0.05) is 16.8 Å². The van der Waals surface area contributed by atoms with Crippen LogP contribution in [0.3, 0.4) is 0 Å². The zero-order valence-corrected chi connectivity index (χ0v) is 15.9. The van der Waals surface area contributed by atoms with E-state index >= 15 is 0 Å². The van der Waals surface area contributed by atoms with Gasteiger partial charge < -0.3 is 10.4 Å². The van der Waals surface area contributed by atoms with Crippen molar-refractivity contribution in [3.05, 3.63) is 70.9 Å². The molecule has 0 atom stereocenters. The number of rotatable bonds is 5. The Morgan fingerprint density at radius 1 is 1.11 bits per heavy atom. The van der Waals surface area contributed by atoms with Gasteiger partial charge >= 0.3 is 6.03 Å². The quantitative estimate of drug-likeness (QED) is 0.592. The van der Waals surface area contributed by atoms with Gasteiger partial charge in [0.1, 0.15) is 5.82 Å². The van der Waals surface area contributed by atoms with Crippen molar-refractivity contribution in [1.29, 1.82) is 0 Å². The standard InChI is InChI=1S/C20H21ClN4O2/c1-13(2)18-11-19(23-20(27)22-16-7-5-15(21)6-8-16)25(24-18)17-9-3-14(12-26)4-10-17/h3-11,13,26H,12H2,1-2H3,(H2,22,23,27). The number of benzene rings is 2. The second kappa shape index (κ2) is 8.24. The third-order valence-electron chi connectivity index (χ3n) is 4.03. The van der Waals surface area contributed by atoms with Crippen LogP contribution in [0.4, 0.5) is 16.3 Å². The Labute approximate surface area is 162 Å². The molecular weight excluding hydrogens is 364 g/mol. The number of carbonyl (C=O) groups excluding carboxylic acids is 1. The van der Waals surface area contributed by atoms with Crippen LogP contribution < -0.4 is 10.6 Å². The Bertz CT molecular complexity index is 918. The third kappa shape index (κ3) is 4.67. The minimum Gasteiger partial charge on any atom is -0.392 e. The maximum atomic E-state index is 12.4. The van der Waals surface area contributed by atoms with Gasteiger partial charge in [0.25, 0.3) is 0 Å². The summed E-state index contributed by atoms with van der Waals surface area (Å²) in [5.74, 6) is 0.768. The lowest BCUT2D eigenvalue weighted by Gasteiger charge is -2.10. The molecule has 0 saturated heterocycles. The number of halogens is 1. The Morgan fingerprint density at radius 2 is 1.78 bits per heavy atom. The number of nitrogens with one attached hydrogen (secondary N) is 2. The van der Waals surface area contributed by atoms with E-state index in [1.807, 2.05) is 44.2 Å². The number of aromatic nitrogens is 2. The maximum absolute atomic E-state index is 12.4. The molecule has 0 unspecified atom stereocenters. The molecule has 0 aliphatic carbocycles. The first-order valence-electron chi connectivity index (χ1n) is 8.60. The largest absolute Gasteiger partial charge is 0.392 e. The molecule has 3 rings (SSSR count). The Morgan fingerprint density at radius 3 is 2.37 bits per heavy atom. The molecule has 2 aromatic carbocycles. The molecule has 0 radical (unpaired) electrons. The summed E-state index contributed by atoms with van der Waals surface area (Å²) in [6, 6.07) is 15.7. The van der Waals surface area contributed by atoms with Crippen LogP contribution in [0.2, 0.25) is 5.02 Å². The van der Waals surface area contributed by atoms with Crippen LogP contribution in [-0.2, 0) is 6.61 Å². The summed E-state index contributed by atoms with van der Waals surface area (Å²) in [5, 5.41) is 20.0. The van der Waals surface area contributed by atoms with Crippen LogP contribution in [0, 0.1) is 0 Å². The average Bonchev–Trinajstić information content (AvgIpc) is 3.07. The van der Waals surface area contributed by atoms with Crippen LogP contribution in [0.25, 0.3) is 5.69 Å². The number of aliphatic hydroxyl groups is 1. The fourth-order valence-electron chi connectivity index (χ4n) is 2.52. The molecule has 2 amide bonds. The van der Waals surface area contributed by atoms with E-state index in [-0.39, 0.29) is 18.6 Å². The van der Waals surface area contributed by atoms with Gasteiger partial charge in [-0.3, -0.25) is 5.32 Å². The molecule has 0 saturated carbocycles. The summed E-state index contributed by atoms with van der Waals surface area (Å²) in [7, 11) is 0. The van der Waals surface area contributed by atoms with Gasteiger partial charge in [-0.15, -0.1) is 0 Å². The number of anilines is 2. The molecule has 1 aromatic heterocycles. The van der Waals surface area contributed by atoms with Crippen molar-refractivity contribution < 1.29 is 9.90 Å². The van der Waals surface area contributed by atoms with Gasteiger partial charge in [-0.25, -0.2) is 9.48 Å². The summed E-state index contributed by atoms with van der Waals surface area (Å²) in [5.41, 5.74) is 3.10. The van der Waals surface area contributed by atoms with E-state index in [1.54, 1.807) is 28.9 Å². The molecule has 140 valence electrons.